The largest absolute Gasteiger partial charge is 0.395 e. The Balaban J connectivity index is 2.49. The summed E-state index contributed by atoms with van der Waals surface area (Å²) in [5.41, 5.74) is 0. The minimum absolute atomic E-state index is 0.207. The summed E-state index contributed by atoms with van der Waals surface area (Å²) in [6.07, 6.45) is 1.87. The molecule has 14 heavy (non-hydrogen) atoms. The summed E-state index contributed by atoms with van der Waals surface area (Å²) < 4.78 is 0. The van der Waals surface area contributed by atoms with Gasteiger partial charge in [0.05, 0.1) is 6.61 Å². The van der Waals surface area contributed by atoms with Gasteiger partial charge >= 0.3 is 0 Å². The second-order valence-electron chi connectivity index (χ2n) is 3.26. The topological polar surface area (TPSA) is 23.5 Å². The highest BCUT2D eigenvalue weighted by Gasteiger charge is 2.04. The van der Waals surface area contributed by atoms with E-state index in [9.17, 15) is 0 Å². The van der Waals surface area contributed by atoms with Crippen LogP contribution in [0.25, 0.3) is 0 Å². The molecule has 0 radical (unpaired) electrons. The van der Waals surface area contributed by atoms with Crippen molar-refractivity contribution in [1.29, 1.82) is 0 Å². The fraction of sp³-hybridized carbons (Fsp3) is 0.455. The van der Waals surface area contributed by atoms with Gasteiger partial charge in [0.15, 0.2) is 0 Å². The van der Waals surface area contributed by atoms with Gasteiger partial charge in [-0.3, -0.25) is 4.90 Å². The van der Waals surface area contributed by atoms with Gasteiger partial charge in [-0.15, -0.1) is 17.9 Å². The molecule has 0 saturated heterocycles. The molecule has 78 valence electrons. The van der Waals surface area contributed by atoms with Gasteiger partial charge in [-0.05, 0) is 19.1 Å². The van der Waals surface area contributed by atoms with Gasteiger partial charge in [0.25, 0.3) is 0 Å². The van der Waals surface area contributed by atoms with E-state index in [1.807, 2.05) is 17.4 Å². The van der Waals surface area contributed by atoms with Crippen molar-refractivity contribution in [2.45, 2.75) is 13.5 Å². The zero-order chi connectivity index (χ0) is 10.4. The standard InChI is InChI=1S/C11H17NOS/c1-3-6-12(7-8-13)9-11-5-4-10(2)14-11/h3-5,13H,1,6-9H2,2H3. The van der Waals surface area contributed by atoms with Crippen LogP contribution in [0.1, 0.15) is 9.75 Å². The van der Waals surface area contributed by atoms with Crippen LogP contribution in [0, 0.1) is 6.92 Å². The van der Waals surface area contributed by atoms with Crippen LogP contribution in [-0.4, -0.2) is 29.7 Å². The maximum absolute atomic E-state index is 8.87. The molecule has 0 saturated carbocycles. The van der Waals surface area contributed by atoms with E-state index < -0.39 is 0 Å². The van der Waals surface area contributed by atoms with E-state index in [1.165, 1.54) is 9.75 Å². The molecule has 0 spiro atoms. The molecule has 3 heteroatoms. The maximum Gasteiger partial charge on any atom is 0.0558 e. The zero-order valence-corrected chi connectivity index (χ0v) is 9.39. The minimum Gasteiger partial charge on any atom is -0.395 e. The highest BCUT2D eigenvalue weighted by Crippen LogP contribution is 2.16. The molecule has 0 bridgehead atoms. The quantitative estimate of drug-likeness (QED) is 0.728. The summed E-state index contributed by atoms with van der Waals surface area (Å²) in [6, 6.07) is 4.28. The molecule has 1 aromatic rings. The number of aryl methyl sites for hydroxylation is 1. The number of nitrogens with zero attached hydrogens (tertiary/aromatic N) is 1. The zero-order valence-electron chi connectivity index (χ0n) is 8.57. The Morgan fingerprint density at radius 2 is 2.36 bits per heavy atom. The third-order valence-electron chi connectivity index (χ3n) is 1.98. The molecule has 0 aromatic carbocycles. The molecule has 1 N–H and O–H groups in total. The van der Waals surface area contributed by atoms with Crippen molar-refractivity contribution in [3.63, 3.8) is 0 Å². The number of thiophene rings is 1. The Labute approximate surface area is 89.5 Å². The van der Waals surface area contributed by atoms with Crippen LogP contribution in [0.15, 0.2) is 24.8 Å². The molecule has 1 rings (SSSR count). The fourth-order valence-electron chi connectivity index (χ4n) is 1.35. The SMILES string of the molecule is C=CCN(CCO)Cc1ccc(C)s1. The van der Waals surface area contributed by atoms with Crippen molar-refractivity contribution >= 4 is 11.3 Å². The van der Waals surface area contributed by atoms with Crippen LogP contribution in [-0.2, 0) is 6.54 Å². The average molecular weight is 211 g/mol. The normalized spacial score (nSPS) is 10.8. The van der Waals surface area contributed by atoms with Gasteiger partial charge in [-0.1, -0.05) is 6.08 Å². The summed E-state index contributed by atoms with van der Waals surface area (Å²) >= 11 is 1.81. The lowest BCUT2D eigenvalue weighted by Gasteiger charge is -2.18. The van der Waals surface area contributed by atoms with E-state index in [-0.39, 0.29) is 6.61 Å². The predicted octanol–water partition coefficient (Wildman–Crippen LogP) is 2.04. The lowest BCUT2D eigenvalue weighted by atomic mass is 10.4. The Morgan fingerprint density at radius 3 is 2.86 bits per heavy atom. The molecular weight excluding hydrogens is 194 g/mol. The number of hydrogen-bond donors (Lipinski definition) is 1. The lowest BCUT2D eigenvalue weighted by molar-refractivity contribution is 0.204. The van der Waals surface area contributed by atoms with Crippen molar-refractivity contribution in [2.24, 2.45) is 0 Å². The molecule has 2 nitrogen and oxygen atoms in total. The van der Waals surface area contributed by atoms with Crippen LogP contribution < -0.4 is 0 Å². The smallest absolute Gasteiger partial charge is 0.0558 e. The highest BCUT2D eigenvalue weighted by molar-refractivity contribution is 7.11. The molecule has 1 aromatic heterocycles. The Hall–Kier alpha value is -0.640. The molecule has 1 heterocycles. The van der Waals surface area contributed by atoms with E-state index >= 15 is 0 Å². The van der Waals surface area contributed by atoms with Gasteiger partial charge in [0, 0.05) is 29.4 Å². The average Bonchev–Trinajstić information content (AvgIpc) is 2.52. The third-order valence-corrected chi connectivity index (χ3v) is 2.96. The van der Waals surface area contributed by atoms with Gasteiger partial charge in [-0.2, -0.15) is 0 Å². The fourth-order valence-corrected chi connectivity index (χ4v) is 2.28. The van der Waals surface area contributed by atoms with E-state index in [2.05, 4.69) is 30.5 Å². The van der Waals surface area contributed by atoms with Gasteiger partial charge in [0.1, 0.15) is 0 Å². The molecular formula is C11H17NOS. The molecule has 0 fully saturated rings. The molecule has 0 aliphatic rings. The summed E-state index contributed by atoms with van der Waals surface area (Å²) in [6.45, 7) is 8.48. The Morgan fingerprint density at radius 1 is 1.57 bits per heavy atom. The monoisotopic (exact) mass is 211 g/mol. The summed E-state index contributed by atoms with van der Waals surface area (Å²) in [5, 5.41) is 8.87. The first-order chi connectivity index (χ1) is 6.76. The van der Waals surface area contributed by atoms with Gasteiger partial charge < -0.3 is 5.11 Å². The summed E-state index contributed by atoms with van der Waals surface area (Å²) in [4.78, 5) is 4.86. The highest BCUT2D eigenvalue weighted by atomic mass is 32.1. The van der Waals surface area contributed by atoms with E-state index in [4.69, 9.17) is 5.11 Å². The first kappa shape index (κ1) is 11.4. The molecule has 0 unspecified atom stereocenters. The summed E-state index contributed by atoms with van der Waals surface area (Å²) in [5.74, 6) is 0. The van der Waals surface area contributed by atoms with Crippen LogP contribution in [0.5, 0.6) is 0 Å². The van der Waals surface area contributed by atoms with Crippen molar-refractivity contribution in [2.75, 3.05) is 19.7 Å². The number of hydrogen-bond acceptors (Lipinski definition) is 3. The maximum atomic E-state index is 8.87. The van der Waals surface area contributed by atoms with Crippen molar-refractivity contribution < 1.29 is 5.11 Å². The molecule has 0 aliphatic heterocycles. The number of rotatable bonds is 6. The first-order valence-corrected chi connectivity index (χ1v) is 5.57. The second kappa shape index (κ2) is 5.96. The Bertz CT molecular complexity index is 283. The van der Waals surface area contributed by atoms with Gasteiger partial charge in [-0.25, -0.2) is 0 Å². The first-order valence-electron chi connectivity index (χ1n) is 4.75. The molecule has 0 atom stereocenters. The predicted molar refractivity (Wildman–Crippen MR) is 61.6 cm³/mol. The van der Waals surface area contributed by atoms with Crippen LogP contribution in [0.2, 0.25) is 0 Å². The van der Waals surface area contributed by atoms with Gasteiger partial charge in [0.2, 0.25) is 0 Å². The van der Waals surface area contributed by atoms with E-state index in [1.54, 1.807) is 0 Å². The number of aliphatic hydroxyl groups excluding tert-OH is 1. The Kier molecular flexibility index (Phi) is 4.87. The van der Waals surface area contributed by atoms with Crippen LogP contribution in [0.4, 0.5) is 0 Å². The second-order valence-corrected chi connectivity index (χ2v) is 4.63. The molecule has 0 aliphatic carbocycles. The summed E-state index contributed by atoms with van der Waals surface area (Å²) in [7, 11) is 0. The molecule has 0 amide bonds. The van der Waals surface area contributed by atoms with E-state index in [0.717, 1.165) is 13.1 Å². The van der Waals surface area contributed by atoms with Crippen molar-refractivity contribution in [3.05, 3.63) is 34.5 Å². The van der Waals surface area contributed by atoms with E-state index in [0.29, 0.717) is 6.54 Å². The van der Waals surface area contributed by atoms with Crippen LogP contribution >= 0.6 is 11.3 Å². The van der Waals surface area contributed by atoms with Crippen LogP contribution in [0.3, 0.4) is 0 Å². The minimum atomic E-state index is 0.207. The van der Waals surface area contributed by atoms with Crippen molar-refractivity contribution in [1.82, 2.24) is 4.90 Å². The lowest BCUT2D eigenvalue weighted by Crippen LogP contribution is -2.26. The number of aliphatic hydroxyl groups is 1. The third kappa shape index (κ3) is 3.62. The van der Waals surface area contributed by atoms with Crippen molar-refractivity contribution in [3.8, 4) is 0 Å².